The van der Waals surface area contributed by atoms with Gasteiger partial charge in [-0.3, -0.25) is 9.59 Å². The second kappa shape index (κ2) is 9.14. The van der Waals surface area contributed by atoms with Crippen molar-refractivity contribution < 1.29 is 9.59 Å². The average Bonchev–Trinajstić information content (AvgIpc) is 2.77. The highest BCUT2D eigenvalue weighted by Gasteiger charge is 2.22. The molecule has 0 saturated carbocycles. The highest BCUT2D eigenvalue weighted by Crippen LogP contribution is 2.29. The molecule has 0 N–H and O–H groups in total. The molecule has 8 heteroatoms. The maximum absolute atomic E-state index is 12.7. The predicted octanol–water partition coefficient (Wildman–Crippen LogP) is 3.84. The van der Waals surface area contributed by atoms with E-state index in [-0.39, 0.29) is 11.8 Å². The van der Waals surface area contributed by atoms with Gasteiger partial charge in [0.05, 0.1) is 11.3 Å². The fraction of sp³-hybridized carbons (Fsp3) is 0.273. The maximum Gasteiger partial charge on any atom is 0.233 e. The Morgan fingerprint density at radius 1 is 0.967 bits per heavy atom. The third-order valence-electron chi connectivity index (χ3n) is 5.08. The Balaban J connectivity index is 1.52. The Labute approximate surface area is 187 Å². The summed E-state index contributed by atoms with van der Waals surface area (Å²) in [6, 6.07) is 15.7. The molecule has 1 aliphatic heterocycles. The van der Waals surface area contributed by atoms with Crippen LogP contribution in [-0.4, -0.2) is 63.5 Å². The number of aromatic nitrogens is 2. The van der Waals surface area contributed by atoms with E-state index in [9.17, 15) is 9.59 Å². The minimum Gasteiger partial charge on any atom is -0.339 e. The maximum atomic E-state index is 12.7. The summed E-state index contributed by atoms with van der Waals surface area (Å²) in [7, 11) is 0. The summed E-state index contributed by atoms with van der Waals surface area (Å²) in [5.74, 6) is 1.08. The molecule has 1 saturated heterocycles. The van der Waals surface area contributed by atoms with Crippen molar-refractivity contribution in [1.29, 1.82) is 0 Å². The van der Waals surface area contributed by atoms with E-state index in [1.807, 2.05) is 53.4 Å². The molecule has 6 nitrogen and oxygen atoms in total. The number of amides is 2. The monoisotopic (exact) mass is 484 g/mol. The van der Waals surface area contributed by atoms with Crippen LogP contribution in [0, 0.1) is 0 Å². The molecule has 0 radical (unpaired) electrons. The van der Waals surface area contributed by atoms with Crippen molar-refractivity contribution in [2.45, 2.75) is 11.9 Å². The van der Waals surface area contributed by atoms with E-state index in [1.165, 1.54) is 11.8 Å². The highest BCUT2D eigenvalue weighted by atomic mass is 79.9. The van der Waals surface area contributed by atoms with Crippen molar-refractivity contribution >= 4 is 50.4 Å². The van der Waals surface area contributed by atoms with Crippen LogP contribution < -0.4 is 0 Å². The Morgan fingerprint density at radius 3 is 2.33 bits per heavy atom. The van der Waals surface area contributed by atoms with E-state index in [1.54, 1.807) is 11.8 Å². The van der Waals surface area contributed by atoms with Crippen LogP contribution in [0.5, 0.6) is 0 Å². The molecule has 0 spiro atoms. The number of nitrogens with zero attached hydrogens (tertiary/aromatic N) is 4. The molecule has 0 unspecified atom stereocenters. The van der Waals surface area contributed by atoms with Crippen LogP contribution in [0.25, 0.3) is 22.3 Å². The van der Waals surface area contributed by atoms with Gasteiger partial charge in [0.15, 0.2) is 5.82 Å². The number of rotatable bonds is 4. The predicted molar refractivity (Wildman–Crippen MR) is 122 cm³/mol. The van der Waals surface area contributed by atoms with Crippen LogP contribution in [0.2, 0.25) is 0 Å². The van der Waals surface area contributed by atoms with Gasteiger partial charge < -0.3 is 9.80 Å². The molecule has 0 atom stereocenters. The molecule has 30 heavy (non-hydrogen) atoms. The molecule has 0 bridgehead atoms. The van der Waals surface area contributed by atoms with Gasteiger partial charge in [0.2, 0.25) is 11.8 Å². The van der Waals surface area contributed by atoms with E-state index in [0.29, 0.717) is 37.8 Å². The Kier molecular flexibility index (Phi) is 6.34. The minimum absolute atomic E-state index is 0.0596. The van der Waals surface area contributed by atoms with E-state index in [2.05, 4.69) is 15.9 Å². The molecular weight excluding hydrogens is 464 g/mol. The summed E-state index contributed by atoms with van der Waals surface area (Å²) in [4.78, 5) is 37.3. The standard InChI is InChI=1S/C22H21BrN4O2S/c1-15(28)26-10-12-27(13-11-26)20(29)14-30-22-18-4-2-3-5-19(18)24-21(25-22)16-6-8-17(23)9-7-16/h2-9H,10-14H2,1H3. The zero-order chi connectivity index (χ0) is 21.1. The Bertz CT molecular complexity index is 1080. The van der Waals surface area contributed by atoms with Crippen LogP contribution in [0.4, 0.5) is 0 Å². The molecule has 4 rings (SSSR count). The fourth-order valence-corrected chi connectivity index (χ4v) is 4.56. The summed E-state index contributed by atoms with van der Waals surface area (Å²) in [5, 5.41) is 1.74. The number of carbonyl (C=O) groups excluding carboxylic acids is 2. The molecule has 1 aromatic heterocycles. The van der Waals surface area contributed by atoms with Crippen molar-refractivity contribution in [2.24, 2.45) is 0 Å². The van der Waals surface area contributed by atoms with Crippen LogP contribution in [0.1, 0.15) is 6.92 Å². The van der Waals surface area contributed by atoms with Gasteiger partial charge in [-0.25, -0.2) is 9.97 Å². The first kappa shape index (κ1) is 20.8. The van der Waals surface area contributed by atoms with Crippen molar-refractivity contribution in [1.82, 2.24) is 19.8 Å². The number of para-hydroxylation sites is 1. The number of fused-ring (bicyclic) bond motifs is 1. The second-order valence-corrected chi connectivity index (χ2v) is 8.93. The first-order valence-corrected chi connectivity index (χ1v) is 11.5. The van der Waals surface area contributed by atoms with E-state index in [4.69, 9.17) is 9.97 Å². The van der Waals surface area contributed by atoms with Crippen LogP contribution >= 0.6 is 27.7 Å². The van der Waals surface area contributed by atoms with Gasteiger partial charge in [0, 0.05) is 48.5 Å². The number of benzene rings is 2. The molecule has 2 heterocycles. The summed E-state index contributed by atoms with van der Waals surface area (Å²) in [5.41, 5.74) is 1.79. The molecule has 154 valence electrons. The van der Waals surface area contributed by atoms with Gasteiger partial charge in [-0.2, -0.15) is 0 Å². The summed E-state index contributed by atoms with van der Waals surface area (Å²) >= 11 is 4.89. The third-order valence-corrected chi connectivity index (χ3v) is 6.59. The molecule has 1 aliphatic rings. The smallest absolute Gasteiger partial charge is 0.233 e. The normalized spacial score (nSPS) is 14.2. The lowest BCUT2D eigenvalue weighted by Crippen LogP contribution is -2.50. The third kappa shape index (κ3) is 4.65. The van der Waals surface area contributed by atoms with Crippen molar-refractivity contribution in [3.8, 4) is 11.4 Å². The summed E-state index contributed by atoms with van der Waals surface area (Å²) in [6.45, 7) is 3.91. The minimum atomic E-state index is 0.0596. The van der Waals surface area contributed by atoms with Crippen molar-refractivity contribution in [3.63, 3.8) is 0 Å². The number of piperazine rings is 1. The van der Waals surface area contributed by atoms with Gasteiger partial charge in [0.25, 0.3) is 0 Å². The van der Waals surface area contributed by atoms with Crippen LogP contribution in [0.15, 0.2) is 58.0 Å². The van der Waals surface area contributed by atoms with E-state index in [0.717, 1.165) is 26.0 Å². The van der Waals surface area contributed by atoms with Gasteiger partial charge >= 0.3 is 0 Å². The number of thioether (sulfide) groups is 1. The Hall–Kier alpha value is -2.45. The zero-order valence-corrected chi connectivity index (χ0v) is 18.9. The summed E-state index contributed by atoms with van der Waals surface area (Å²) < 4.78 is 0.997. The number of carbonyl (C=O) groups is 2. The van der Waals surface area contributed by atoms with Crippen molar-refractivity contribution in [2.75, 3.05) is 31.9 Å². The van der Waals surface area contributed by atoms with E-state index < -0.39 is 0 Å². The molecule has 3 aromatic rings. The lowest BCUT2D eigenvalue weighted by Gasteiger charge is -2.34. The number of hydrogen-bond donors (Lipinski definition) is 0. The van der Waals surface area contributed by atoms with E-state index >= 15 is 0 Å². The quantitative estimate of drug-likeness (QED) is 0.415. The fourth-order valence-electron chi connectivity index (χ4n) is 3.38. The number of hydrogen-bond acceptors (Lipinski definition) is 5. The van der Waals surface area contributed by atoms with Gasteiger partial charge in [-0.15, -0.1) is 0 Å². The topological polar surface area (TPSA) is 66.4 Å². The van der Waals surface area contributed by atoms with Gasteiger partial charge in [-0.1, -0.05) is 58.0 Å². The highest BCUT2D eigenvalue weighted by molar-refractivity contribution is 9.10. The lowest BCUT2D eigenvalue weighted by molar-refractivity contribution is -0.136. The van der Waals surface area contributed by atoms with Gasteiger partial charge in [0.1, 0.15) is 5.03 Å². The van der Waals surface area contributed by atoms with Gasteiger partial charge in [-0.05, 0) is 18.2 Å². The molecule has 0 aliphatic carbocycles. The first-order valence-electron chi connectivity index (χ1n) is 9.70. The largest absolute Gasteiger partial charge is 0.339 e. The average molecular weight is 485 g/mol. The molecule has 1 fully saturated rings. The molecule has 2 amide bonds. The summed E-state index contributed by atoms with van der Waals surface area (Å²) in [6.07, 6.45) is 0. The van der Waals surface area contributed by atoms with Crippen LogP contribution in [-0.2, 0) is 9.59 Å². The number of halogens is 1. The lowest BCUT2D eigenvalue weighted by atomic mass is 10.2. The SMILES string of the molecule is CC(=O)N1CCN(C(=O)CSc2nc(-c3ccc(Br)cc3)nc3ccccc23)CC1. The molecule has 2 aromatic carbocycles. The van der Waals surface area contributed by atoms with Crippen LogP contribution in [0.3, 0.4) is 0 Å². The zero-order valence-electron chi connectivity index (χ0n) is 16.5. The first-order chi connectivity index (χ1) is 14.5. The molecular formula is C22H21BrN4O2S. The second-order valence-electron chi connectivity index (χ2n) is 7.05. The van der Waals surface area contributed by atoms with Crippen molar-refractivity contribution in [3.05, 3.63) is 53.0 Å². The Morgan fingerprint density at radius 2 is 1.63 bits per heavy atom.